The number of nitrogens with zero attached hydrogens (tertiary/aromatic N) is 3. The van der Waals surface area contributed by atoms with Gasteiger partial charge in [0.25, 0.3) is 0 Å². The van der Waals surface area contributed by atoms with Crippen molar-refractivity contribution >= 4 is 41.2 Å². The Labute approximate surface area is 146 Å². The van der Waals surface area contributed by atoms with Crippen molar-refractivity contribution in [1.29, 1.82) is 0 Å². The lowest BCUT2D eigenvalue weighted by Crippen LogP contribution is -2.27. The van der Waals surface area contributed by atoms with Gasteiger partial charge in [-0.3, -0.25) is 4.79 Å². The van der Waals surface area contributed by atoms with E-state index in [9.17, 15) is 9.59 Å². The van der Waals surface area contributed by atoms with Gasteiger partial charge in [0.2, 0.25) is 5.91 Å². The maximum absolute atomic E-state index is 12.3. The highest BCUT2D eigenvalue weighted by Crippen LogP contribution is 2.32. The second-order valence-corrected chi connectivity index (χ2v) is 7.37. The molecule has 1 unspecified atom stereocenters. The first-order valence-electron chi connectivity index (χ1n) is 7.91. The summed E-state index contributed by atoms with van der Waals surface area (Å²) in [6.07, 6.45) is 1.58. The maximum Gasteiger partial charge on any atom is 0.435 e. The number of carbonyl (C=O) groups is 2. The second-order valence-electron chi connectivity index (χ2n) is 7.00. The Morgan fingerprint density at radius 2 is 2.17 bits per heavy atom. The molecule has 0 N–H and O–H groups in total. The molecule has 0 bridgehead atoms. The predicted octanol–water partition coefficient (Wildman–Crippen LogP) is 3.10. The third kappa shape index (κ3) is 3.13. The number of fused-ring (bicyclic) bond motifs is 1. The molecule has 1 aromatic heterocycles. The van der Waals surface area contributed by atoms with Gasteiger partial charge in [-0.1, -0.05) is 6.07 Å². The van der Waals surface area contributed by atoms with Gasteiger partial charge in [0.1, 0.15) is 5.60 Å². The van der Waals surface area contributed by atoms with Crippen LogP contribution >= 0.6 is 12.6 Å². The van der Waals surface area contributed by atoms with Gasteiger partial charge in [-0.15, -0.1) is 0 Å². The van der Waals surface area contributed by atoms with E-state index in [4.69, 9.17) is 4.74 Å². The second kappa shape index (κ2) is 6.12. The van der Waals surface area contributed by atoms with E-state index in [0.717, 1.165) is 11.1 Å². The van der Waals surface area contributed by atoms with Gasteiger partial charge < -0.3 is 9.64 Å². The highest BCUT2D eigenvalue weighted by molar-refractivity contribution is 7.80. The summed E-state index contributed by atoms with van der Waals surface area (Å²) in [4.78, 5) is 26.4. The number of hydrogen-bond donors (Lipinski definition) is 1. The monoisotopic (exact) mass is 347 g/mol. The fraction of sp³-hybridized carbons (Fsp3) is 0.471. The molecule has 7 heteroatoms. The molecule has 1 amide bonds. The van der Waals surface area contributed by atoms with Gasteiger partial charge in [0.15, 0.2) is 0 Å². The minimum atomic E-state index is -0.600. The molecule has 0 spiro atoms. The van der Waals surface area contributed by atoms with Gasteiger partial charge in [-0.05, 0) is 44.6 Å². The van der Waals surface area contributed by atoms with Crippen LogP contribution in [0, 0.1) is 5.92 Å². The Morgan fingerprint density at radius 1 is 1.42 bits per heavy atom. The van der Waals surface area contributed by atoms with Crippen LogP contribution in [-0.2, 0) is 9.53 Å². The van der Waals surface area contributed by atoms with E-state index in [1.807, 2.05) is 32.9 Å². The molecule has 1 atom stereocenters. The molecule has 1 saturated heterocycles. The Balaban J connectivity index is 1.98. The number of ether oxygens (including phenoxy) is 1. The van der Waals surface area contributed by atoms with Crippen LogP contribution in [0.15, 0.2) is 24.4 Å². The molecule has 1 aromatic carbocycles. The SMILES string of the molecule is CC(C)(C)OC(=O)n1ncc2c(N3CC(CS)CC3=O)cccc21. The summed E-state index contributed by atoms with van der Waals surface area (Å²) in [6.45, 7) is 6.06. The molecule has 0 aliphatic carbocycles. The highest BCUT2D eigenvalue weighted by atomic mass is 32.1. The summed E-state index contributed by atoms with van der Waals surface area (Å²) in [5.74, 6) is 0.999. The van der Waals surface area contributed by atoms with E-state index >= 15 is 0 Å². The fourth-order valence-corrected chi connectivity index (χ4v) is 3.10. The quantitative estimate of drug-likeness (QED) is 0.848. The summed E-state index contributed by atoms with van der Waals surface area (Å²) >= 11 is 4.30. The minimum Gasteiger partial charge on any atom is -0.442 e. The maximum atomic E-state index is 12.3. The smallest absolute Gasteiger partial charge is 0.435 e. The number of anilines is 1. The minimum absolute atomic E-state index is 0.0755. The summed E-state index contributed by atoms with van der Waals surface area (Å²) < 4.78 is 6.62. The Kier molecular flexibility index (Phi) is 4.29. The summed E-state index contributed by atoms with van der Waals surface area (Å²) in [6, 6.07) is 5.50. The lowest BCUT2D eigenvalue weighted by Gasteiger charge is -2.19. The van der Waals surface area contributed by atoms with E-state index < -0.39 is 11.7 Å². The van der Waals surface area contributed by atoms with Crippen LogP contribution in [0.25, 0.3) is 10.9 Å². The molecule has 1 fully saturated rings. The summed E-state index contributed by atoms with van der Waals surface area (Å²) in [7, 11) is 0. The van der Waals surface area contributed by atoms with Crippen LogP contribution in [0.3, 0.4) is 0 Å². The molecule has 24 heavy (non-hydrogen) atoms. The first kappa shape index (κ1) is 16.8. The molecular formula is C17H21N3O3S. The van der Waals surface area contributed by atoms with E-state index in [2.05, 4.69) is 17.7 Å². The number of carbonyl (C=O) groups excluding carboxylic acids is 2. The average Bonchev–Trinajstić information content (AvgIpc) is 3.08. The van der Waals surface area contributed by atoms with Gasteiger partial charge in [0.05, 0.1) is 17.4 Å². The van der Waals surface area contributed by atoms with Gasteiger partial charge in [0, 0.05) is 18.4 Å². The predicted molar refractivity (Wildman–Crippen MR) is 95.7 cm³/mol. The summed E-state index contributed by atoms with van der Waals surface area (Å²) in [5, 5.41) is 4.93. The van der Waals surface area contributed by atoms with Crippen molar-refractivity contribution in [3.63, 3.8) is 0 Å². The number of benzene rings is 1. The molecule has 6 nitrogen and oxygen atoms in total. The Morgan fingerprint density at radius 3 is 2.79 bits per heavy atom. The van der Waals surface area contributed by atoms with Crippen LogP contribution in [0.5, 0.6) is 0 Å². The van der Waals surface area contributed by atoms with Crippen LogP contribution in [0.2, 0.25) is 0 Å². The molecular weight excluding hydrogens is 326 g/mol. The normalized spacial score (nSPS) is 18.4. The van der Waals surface area contributed by atoms with Crippen molar-refractivity contribution in [2.75, 3.05) is 17.2 Å². The number of hydrogen-bond acceptors (Lipinski definition) is 5. The van der Waals surface area contributed by atoms with Crippen molar-refractivity contribution < 1.29 is 14.3 Å². The van der Waals surface area contributed by atoms with Crippen molar-refractivity contribution in [2.45, 2.75) is 32.8 Å². The van der Waals surface area contributed by atoms with E-state index in [1.165, 1.54) is 4.68 Å². The molecule has 2 heterocycles. The average molecular weight is 347 g/mol. The standard InChI is InChI=1S/C17H21N3O3S/c1-17(2,3)23-16(22)20-14-6-4-5-13(12(14)8-18-20)19-9-11(10-24)7-15(19)21/h4-6,8,11,24H,7,9-10H2,1-3H3. The zero-order valence-corrected chi connectivity index (χ0v) is 14.9. The third-order valence-corrected chi connectivity index (χ3v) is 4.43. The van der Waals surface area contributed by atoms with Gasteiger partial charge in [-0.25, -0.2) is 4.79 Å². The van der Waals surface area contributed by atoms with Crippen LogP contribution in [0.1, 0.15) is 27.2 Å². The lowest BCUT2D eigenvalue weighted by atomic mass is 10.1. The number of thiol groups is 1. The first-order valence-corrected chi connectivity index (χ1v) is 8.55. The number of aromatic nitrogens is 2. The van der Waals surface area contributed by atoms with Crippen molar-refractivity contribution in [3.8, 4) is 0 Å². The first-order chi connectivity index (χ1) is 11.3. The van der Waals surface area contributed by atoms with Crippen molar-refractivity contribution in [2.24, 2.45) is 5.92 Å². The van der Waals surface area contributed by atoms with Gasteiger partial charge >= 0.3 is 6.09 Å². The molecule has 0 saturated carbocycles. The fourth-order valence-electron chi connectivity index (χ4n) is 2.86. The van der Waals surface area contributed by atoms with E-state index in [0.29, 0.717) is 24.2 Å². The molecule has 1 aliphatic rings. The molecule has 128 valence electrons. The molecule has 0 radical (unpaired) electrons. The van der Waals surface area contributed by atoms with Crippen LogP contribution in [-0.4, -0.2) is 39.7 Å². The van der Waals surface area contributed by atoms with E-state index in [-0.39, 0.29) is 11.8 Å². The van der Waals surface area contributed by atoms with Crippen molar-refractivity contribution in [3.05, 3.63) is 24.4 Å². The third-order valence-electron chi connectivity index (χ3n) is 3.91. The zero-order chi connectivity index (χ0) is 17.5. The Hall–Kier alpha value is -2.02. The molecule has 2 aromatic rings. The largest absolute Gasteiger partial charge is 0.442 e. The molecule has 1 aliphatic heterocycles. The lowest BCUT2D eigenvalue weighted by molar-refractivity contribution is -0.117. The number of rotatable bonds is 2. The zero-order valence-electron chi connectivity index (χ0n) is 14.0. The summed E-state index contributed by atoms with van der Waals surface area (Å²) in [5.41, 5.74) is 0.804. The number of amides is 1. The Bertz CT molecular complexity index is 794. The van der Waals surface area contributed by atoms with Crippen molar-refractivity contribution in [1.82, 2.24) is 9.78 Å². The highest BCUT2D eigenvalue weighted by Gasteiger charge is 2.31. The molecule has 3 rings (SSSR count). The van der Waals surface area contributed by atoms with Crippen LogP contribution in [0.4, 0.5) is 10.5 Å². The van der Waals surface area contributed by atoms with E-state index in [1.54, 1.807) is 17.2 Å². The van der Waals surface area contributed by atoms with Crippen LogP contribution < -0.4 is 4.90 Å². The topological polar surface area (TPSA) is 64.4 Å². The van der Waals surface area contributed by atoms with Gasteiger partial charge in [-0.2, -0.15) is 22.4 Å².